The third-order valence-corrected chi connectivity index (χ3v) is 5.90. The zero-order valence-corrected chi connectivity index (χ0v) is 19.6. The van der Waals surface area contributed by atoms with Gasteiger partial charge in [-0.3, -0.25) is 9.78 Å². The molecule has 0 radical (unpaired) electrons. The van der Waals surface area contributed by atoms with Crippen molar-refractivity contribution in [2.75, 3.05) is 7.11 Å². The van der Waals surface area contributed by atoms with E-state index in [2.05, 4.69) is 32.7 Å². The van der Waals surface area contributed by atoms with Crippen LogP contribution in [-0.4, -0.2) is 32.7 Å². The highest BCUT2D eigenvalue weighted by Gasteiger charge is 2.30. The molecular formula is C26H30N4O2. The number of aryl methyl sites for hydroxylation is 1. The Kier molecular flexibility index (Phi) is 5.71. The zero-order valence-electron chi connectivity index (χ0n) is 19.6. The third kappa shape index (κ3) is 3.74. The van der Waals surface area contributed by atoms with Crippen molar-refractivity contribution in [1.29, 1.82) is 0 Å². The lowest BCUT2D eigenvalue weighted by atomic mass is 9.89. The van der Waals surface area contributed by atoms with Crippen LogP contribution in [0.4, 0.5) is 0 Å². The zero-order chi connectivity index (χ0) is 23.0. The molecule has 4 aromatic rings. The second-order valence-electron chi connectivity index (χ2n) is 9.25. The van der Waals surface area contributed by atoms with E-state index in [4.69, 9.17) is 14.8 Å². The molecule has 0 saturated carbocycles. The molecular weight excluding hydrogens is 400 g/mol. The fraction of sp³-hybridized carbons (Fsp3) is 0.385. The molecule has 6 nitrogen and oxygen atoms in total. The van der Waals surface area contributed by atoms with E-state index >= 15 is 0 Å². The molecule has 0 aliphatic carbocycles. The molecule has 4 rings (SSSR count). The van der Waals surface area contributed by atoms with Crippen LogP contribution in [0.5, 0.6) is 0 Å². The molecule has 0 aliphatic heterocycles. The van der Waals surface area contributed by atoms with Crippen molar-refractivity contribution in [3.05, 3.63) is 59.5 Å². The van der Waals surface area contributed by atoms with Gasteiger partial charge in [-0.25, -0.2) is 9.50 Å². The first-order chi connectivity index (χ1) is 15.3. The van der Waals surface area contributed by atoms with Crippen LogP contribution in [0.15, 0.2) is 42.6 Å². The van der Waals surface area contributed by atoms with E-state index in [1.165, 1.54) is 7.11 Å². The number of carbonyl (C=O) groups excluding carboxylic acids is 1. The first-order valence-electron chi connectivity index (χ1n) is 11.1. The Morgan fingerprint density at radius 2 is 1.94 bits per heavy atom. The summed E-state index contributed by atoms with van der Waals surface area (Å²) >= 11 is 0. The van der Waals surface area contributed by atoms with Gasteiger partial charge in [0.05, 0.1) is 29.9 Å². The number of esters is 1. The highest BCUT2D eigenvalue weighted by atomic mass is 16.5. The van der Waals surface area contributed by atoms with Crippen LogP contribution >= 0.6 is 0 Å². The maximum atomic E-state index is 12.9. The minimum absolute atomic E-state index is 0.138. The summed E-state index contributed by atoms with van der Waals surface area (Å²) < 4.78 is 7.10. The summed E-state index contributed by atoms with van der Waals surface area (Å²) in [6.07, 6.45) is 3.31. The fourth-order valence-corrected chi connectivity index (χ4v) is 4.28. The quantitative estimate of drug-likeness (QED) is 0.385. The monoisotopic (exact) mass is 430 g/mol. The minimum Gasteiger partial charge on any atom is -0.469 e. The number of methoxy groups -OCH3 is 1. The maximum absolute atomic E-state index is 12.9. The molecule has 3 aromatic heterocycles. The van der Waals surface area contributed by atoms with Crippen molar-refractivity contribution < 1.29 is 9.53 Å². The highest BCUT2D eigenvalue weighted by Crippen LogP contribution is 2.38. The van der Waals surface area contributed by atoms with Gasteiger partial charge in [-0.15, -0.1) is 0 Å². The van der Waals surface area contributed by atoms with Crippen LogP contribution in [0.2, 0.25) is 0 Å². The second-order valence-corrected chi connectivity index (χ2v) is 9.25. The van der Waals surface area contributed by atoms with E-state index in [1.807, 2.05) is 47.8 Å². The number of carbonyl (C=O) groups is 1. The molecule has 0 spiro atoms. The summed E-state index contributed by atoms with van der Waals surface area (Å²) in [4.78, 5) is 22.5. The molecule has 32 heavy (non-hydrogen) atoms. The summed E-state index contributed by atoms with van der Waals surface area (Å²) in [5, 5.41) is 6.01. The summed E-state index contributed by atoms with van der Waals surface area (Å²) in [5.74, 6) is -0.688. The Bertz CT molecular complexity index is 1300. The number of rotatable bonds is 5. The molecule has 6 heteroatoms. The van der Waals surface area contributed by atoms with Gasteiger partial charge in [-0.05, 0) is 19.4 Å². The van der Waals surface area contributed by atoms with Crippen molar-refractivity contribution >= 4 is 22.5 Å². The van der Waals surface area contributed by atoms with Gasteiger partial charge in [0.15, 0.2) is 5.65 Å². The number of ether oxygens (including phenoxy) is 1. The molecule has 0 aliphatic rings. The average Bonchev–Trinajstić information content (AvgIpc) is 3.20. The molecule has 0 fully saturated rings. The van der Waals surface area contributed by atoms with Crippen LogP contribution in [0.3, 0.4) is 0 Å². The van der Waals surface area contributed by atoms with Crippen molar-refractivity contribution in [3.8, 4) is 11.3 Å². The molecule has 0 saturated heterocycles. The Balaban J connectivity index is 2.16. The number of benzene rings is 1. The number of nitrogens with zero attached hydrogens (tertiary/aromatic N) is 4. The number of aromatic nitrogens is 4. The first kappa shape index (κ1) is 21.9. The van der Waals surface area contributed by atoms with Gasteiger partial charge in [-0.1, -0.05) is 58.4 Å². The highest BCUT2D eigenvalue weighted by molar-refractivity contribution is 5.95. The number of pyridine rings is 1. The summed E-state index contributed by atoms with van der Waals surface area (Å²) in [6.45, 7) is 10.4. The van der Waals surface area contributed by atoms with Crippen LogP contribution in [0.25, 0.3) is 27.8 Å². The Labute approximate surface area is 188 Å². The van der Waals surface area contributed by atoms with Crippen LogP contribution in [0, 0.1) is 6.92 Å². The smallest absolute Gasteiger partial charge is 0.313 e. The average molecular weight is 431 g/mol. The van der Waals surface area contributed by atoms with Gasteiger partial charge in [0.1, 0.15) is 0 Å². The van der Waals surface area contributed by atoms with Crippen molar-refractivity contribution in [2.45, 2.75) is 58.8 Å². The lowest BCUT2D eigenvalue weighted by Crippen LogP contribution is -2.19. The minimum atomic E-state index is -0.432. The molecule has 166 valence electrons. The van der Waals surface area contributed by atoms with Crippen molar-refractivity contribution in [3.63, 3.8) is 0 Å². The van der Waals surface area contributed by atoms with E-state index in [1.54, 1.807) is 6.20 Å². The van der Waals surface area contributed by atoms with Gasteiger partial charge in [0.2, 0.25) is 0 Å². The van der Waals surface area contributed by atoms with E-state index in [0.29, 0.717) is 6.42 Å². The number of para-hydroxylation sites is 1. The molecule has 0 amide bonds. The first-order valence-corrected chi connectivity index (χ1v) is 11.1. The van der Waals surface area contributed by atoms with E-state index in [0.717, 1.165) is 51.2 Å². The lowest BCUT2D eigenvalue weighted by molar-refractivity contribution is -0.142. The van der Waals surface area contributed by atoms with E-state index in [-0.39, 0.29) is 11.4 Å². The number of hydrogen-bond acceptors (Lipinski definition) is 5. The van der Waals surface area contributed by atoms with Gasteiger partial charge < -0.3 is 4.74 Å². The van der Waals surface area contributed by atoms with Crippen LogP contribution in [-0.2, 0) is 14.9 Å². The predicted molar refractivity (Wildman–Crippen MR) is 127 cm³/mol. The fourth-order valence-electron chi connectivity index (χ4n) is 4.28. The molecule has 0 N–H and O–H groups in total. The molecule has 3 heterocycles. The summed E-state index contributed by atoms with van der Waals surface area (Å²) in [7, 11) is 1.44. The molecule has 1 atom stereocenters. The number of hydrogen-bond donors (Lipinski definition) is 0. The van der Waals surface area contributed by atoms with Gasteiger partial charge >= 0.3 is 5.97 Å². The van der Waals surface area contributed by atoms with E-state index in [9.17, 15) is 4.79 Å². The predicted octanol–water partition coefficient (Wildman–Crippen LogP) is 5.61. The van der Waals surface area contributed by atoms with Crippen LogP contribution in [0.1, 0.15) is 63.4 Å². The maximum Gasteiger partial charge on any atom is 0.313 e. The lowest BCUT2D eigenvalue weighted by Gasteiger charge is -2.21. The topological polar surface area (TPSA) is 69.4 Å². The normalized spacial score (nSPS) is 12.9. The number of fused-ring (bicyclic) bond motifs is 2. The third-order valence-electron chi connectivity index (χ3n) is 5.90. The van der Waals surface area contributed by atoms with Gasteiger partial charge in [0.25, 0.3) is 0 Å². The Morgan fingerprint density at radius 3 is 2.62 bits per heavy atom. The summed E-state index contributed by atoms with van der Waals surface area (Å²) in [5.41, 5.74) is 5.90. The standard InChI is InChI=1S/C26H30N4O2/c1-7-10-18(25(31)32-6)22-16(2)28-21-15-20(26(3,4)5)29-30(21)24(22)19-13-8-11-17-12-9-14-27-23(17)19/h8-9,11-15,18H,7,10H2,1-6H3. The van der Waals surface area contributed by atoms with Gasteiger partial charge in [0, 0.05) is 39.9 Å². The molecule has 1 unspecified atom stereocenters. The van der Waals surface area contributed by atoms with E-state index < -0.39 is 5.92 Å². The van der Waals surface area contributed by atoms with Gasteiger partial charge in [-0.2, -0.15) is 5.10 Å². The second kappa shape index (κ2) is 8.34. The van der Waals surface area contributed by atoms with Crippen LogP contribution < -0.4 is 0 Å². The molecule has 0 bridgehead atoms. The van der Waals surface area contributed by atoms with Crippen molar-refractivity contribution in [2.24, 2.45) is 0 Å². The molecule has 1 aromatic carbocycles. The van der Waals surface area contributed by atoms with Crippen molar-refractivity contribution in [1.82, 2.24) is 19.6 Å². The summed E-state index contributed by atoms with van der Waals surface area (Å²) in [6, 6.07) is 12.1. The Hall–Kier alpha value is -3.28. The Morgan fingerprint density at radius 1 is 1.19 bits per heavy atom. The SMILES string of the molecule is CCCC(C(=O)OC)c1c(C)nc2cc(C(C)(C)C)nn2c1-c1cccc2cccnc12. The largest absolute Gasteiger partial charge is 0.469 e.